The normalized spacial score (nSPS) is 14.3. The zero-order valence-corrected chi connectivity index (χ0v) is 5.92. The first-order valence-electron chi connectivity index (χ1n) is 3.17. The van der Waals surface area contributed by atoms with Crippen molar-refractivity contribution in [2.45, 2.75) is 13.5 Å². The molecule has 2 heterocycles. The topological polar surface area (TPSA) is 70.9 Å². The van der Waals surface area contributed by atoms with Crippen molar-refractivity contribution in [3.05, 3.63) is 22.1 Å². The SMILES string of the molecule is Cc1nc2[n+](c(=O)[nH]1)NOC2. The van der Waals surface area contributed by atoms with Gasteiger partial charge in [0.25, 0.3) is 5.82 Å². The maximum absolute atomic E-state index is 11.1. The molecular formula is C5H7N4O2+. The predicted molar refractivity (Wildman–Crippen MR) is 33.9 cm³/mol. The van der Waals surface area contributed by atoms with Crippen molar-refractivity contribution in [2.75, 3.05) is 5.59 Å². The number of H-pyrrole nitrogens is 1. The van der Waals surface area contributed by atoms with Gasteiger partial charge in [-0.2, -0.15) is 0 Å². The van der Waals surface area contributed by atoms with Gasteiger partial charge in [-0.1, -0.05) is 9.66 Å². The van der Waals surface area contributed by atoms with Crippen LogP contribution in [0.2, 0.25) is 0 Å². The molecule has 6 nitrogen and oxygen atoms in total. The summed E-state index contributed by atoms with van der Waals surface area (Å²) in [7, 11) is 0. The first-order valence-corrected chi connectivity index (χ1v) is 3.17. The van der Waals surface area contributed by atoms with E-state index in [1.807, 2.05) is 0 Å². The van der Waals surface area contributed by atoms with E-state index in [4.69, 9.17) is 4.84 Å². The molecule has 0 fully saturated rings. The Labute approximate surface area is 61.8 Å². The Morgan fingerprint density at radius 2 is 2.55 bits per heavy atom. The third-order valence-electron chi connectivity index (χ3n) is 1.40. The second-order valence-corrected chi connectivity index (χ2v) is 2.26. The van der Waals surface area contributed by atoms with E-state index in [9.17, 15) is 4.79 Å². The van der Waals surface area contributed by atoms with Crippen LogP contribution in [-0.2, 0) is 11.4 Å². The summed E-state index contributed by atoms with van der Waals surface area (Å²) < 4.78 is 1.23. The highest BCUT2D eigenvalue weighted by Gasteiger charge is 2.21. The van der Waals surface area contributed by atoms with Gasteiger partial charge < -0.3 is 0 Å². The van der Waals surface area contributed by atoms with E-state index in [0.29, 0.717) is 18.3 Å². The van der Waals surface area contributed by atoms with E-state index in [1.165, 1.54) is 4.68 Å². The molecule has 2 rings (SSSR count). The molecule has 2 N–H and O–H groups in total. The lowest BCUT2D eigenvalue weighted by Gasteiger charge is -1.89. The average Bonchev–Trinajstić information content (AvgIpc) is 2.34. The highest BCUT2D eigenvalue weighted by molar-refractivity contribution is 4.81. The van der Waals surface area contributed by atoms with Crippen molar-refractivity contribution in [1.82, 2.24) is 9.97 Å². The summed E-state index contributed by atoms with van der Waals surface area (Å²) in [5, 5.41) is 0. The number of nitrogens with zero attached hydrogens (tertiary/aromatic N) is 2. The third-order valence-corrected chi connectivity index (χ3v) is 1.40. The number of hydrogen-bond acceptors (Lipinski definition) is 4. The van der Waals surface area contributed by atoms with E-state index < -0.39 is 0 Å². The number of rotatable bonds is 0. The number of fused-ring (bicyclic) bond motifs is 1. The molecule has 0 spiro atoms. The molecule has 0 aliphatic carbocycles. The molecule has 0 saturated heterocycles. The molecule has 0 amide bonds. The monoisotopic (exact) mass is 155 g/mol. The largest absolute Gasteiger partial charge is 0.467 e. The summed E-state index contributed by atoms with van der Waals surface area (Å²) >= 11 is 0. The van der Waals surface area contributed by atoms with Crippen LogP contribution in [0, 0.1) is 6.92 Å². The van der Waals surface area contributed by atoms with Gasteiger partial charge in [-0.05, 0) is 0 Å². The first kappa shape index (κ1) is 6.29. The summed E-state index contributed by atoms with van der Waals surface area (Å²) in [6.07, 6.45) is 0. The van der Waals surface area contributed by atoms with Gasteiger partial charge in [-0.3, -0.25) is 0 Å². The molecule has 0 radical (unpaired) electrons. The lowest BCUT2D eigenvalue weighted by Crippen LogP contribution is -2.58. The summed E-state index contributed by atoms with van der Waals surface area (Å²) in [4.78, 5) is 22.4. The van der Waals surface area contributed by atoms with Gasteiger partial charge in [0, 0.05) is 6.92 Å². The number of aromatic nitrogens is 3. The van der Waals surface area contributed by atoms with Gasteiger partial charge in [0.1, 0.15) is 0 Å². The zero-order chi connectivity index (χ0) is 7.84. The van der Waals surface area contributed by atoms with Gasteiger partial charge in [0.05, 0.1) is 0 Å². The Morgan fingerprint density at radius 1 is 1.73 bits per heavy atom. The van der Waals surface area contributed by atoms with Crippen LogP contribution in [0.5, 0.6) is 0 Å². The summed E-state index contributed by atoms with van der Waals surface area (Å²) in [5.41, 5.74) is 2.15. The standard InChI is InChI=1S/C5H6N4O2/c1-3-6-4-2-11-8-9(4)5(10)7-3/h8H,2H2,1H3/p+1. The molecular weight excluding hydrogens is 148 g/mol. The first-order chi connectivity index (χ1) is 5.27. The van der Waals surface area contributed by atoms with Crippen LogP contribution in [0.25, 0.3) is 0 Å². The average molecular weight is 155 g/mol. The van der Waals surface area contributed by atoms with Gasteiger partial charge in [0.2, 0.25) is 5.82 Å². The number of aromatic amines is 1. The second-order valence-electron chi connectivity index (χ2n) is 2.26. The number of hydrogen-bond donors (Lipinski definition) is 2. The van der Waals surface area contributed by atoms with Crippen molar-refractivity contribution >= 4 is 0 Å². The Balaban J connectivity index is 2.70. The van der Waals surface area contributed by atoms with Gasteiger partial charge in [-0.15, -0.1) is 5.59 Å². The minimum atomic E-state index is -0.259. The van der Waals surface area contributed by atoms with Crippen molar-refractivity contribution in [3.63, 3.8) is 0 Å². The smallest absolute Gasteiger partial charge is 0.238 e. The third kappa shape index (κ3) is 0.874. The minimum absolute atomic E-state index is 0.259. The molecule has 0 saturated carbocycles. The molecule has 0 bridgehead atoms. The molecule has 0 atom stereocenters. The van der Waals surface area contributed by atoms with Gasteiger partial charge >= 0.3 is 5.69 Å². The second kappa shape index (κ2) is 2.03. The molecule has 6 heteroatoms. The van der Waals surface area contributed by atoms with E-state index in [2.05, 4.69) is 15.6 Å². The zero-order valence-electron chi connectivity index (χ0n) is 5.92. The van der Waals surface area contributed by atoms with Crippen LogP contribution in [0.4, 0.5) is 0 Å². The molecule has 0 unspecified atom stereocenters. The highest BCUT2D eigenvalue weighted by atomic mass is 16.7. The molecule has 0 aromatic carbocycles. The number of nitrogens with one attached hydrogen (secondary N) is 2. The van der Waals surface area contributed by atoms with E-state index >= 15 is 0 Å². The van der Waals surface area contributed by atoms with E-state index in [1.54, 1.807) is 6.92 Å². The van der Waals surface area contributed by atoms with Crippen molar-refractivity contribution in [2.24, 2.45) is 0 Å². The van der Waals surface area contributed by atoms with Crippen molar-refractivity contribution in [3.8, 4) is 0 Å². The summed E-state index contributed by atoms with van der Waals surface area (Å²) in [5.74, 6) is 1.18. The van der Waals surface area contributed by atoms with E-state index in [0.717, 1.165) is 0 Å². The Bertz CT molecular complexity index is 345. The van der Waals surface area contributed by atoms with Crippen LogP contribution in [0.1, 0.15) is 11.6 Å². The fourth-order valence-corrected chi connectivity index (χ4v) is 0.952. The molecule has 1 aliphatic rings. The minimum Gasteiger partial charge on any atom is -0.238 e. The molecule has 1 aromatic heterocycles. The van der Waals surface area contributed by atoms with Crippen molar-refractivity contribution < 1.29 is 9.51 Å². The van der Waals surface area contributed by atoms with Crippen LogP contribution >= 0.6 is 0 Å². The highest BCUT2D eigenvalue weighted by Crippen LogP contribution is 1.91. The fraction of sp³-hybridized carbons (Fsp3) is 0.400. The van der Waals surface area contributed by atoms with Crippen LogP contribution in [-0.4, -0.2) is 9.97 Å². The summed E-state index contributed by atoms with van der Waals surface area (Å²) in [6, 6.07) is 0. The van der Waals surface area contributed by atoms with Crippen molar-refractivity contribution in [1.29, 1.82) is 0 Å². The van der Waals surface area contributed by atoms with E-state index in [-0.39, 0.29) is 5.69 Å². The molecule has 1 aromatic rings. The maximum Gasteiger partial charge on any atom is 0.467 e. The predicted octanol–water partition coefficient (Wildman–Crippen LogP) is -1.65. The van der Waals surface area contributed by atoms with Gasteiger partial charge in [0.15, 0.2) is 6.61 Å². The summed E-state index contributed by atoms with van der Waals surface area (Å²) in [6.45, 7) is 2.05. The van der Waals surface area contributed by atoms with Crippen LogP contribution in [0.3, 0.4) is 0 Å². The Kier molecular flexibility index (Phi) is 1.16. The maximum atomic E-state index is 11.1. The molecule has 1 aliphatic heterocycles. The lowest BCUT2D eigenvalue weighted by molar-refractivity contribution is -0.684. The molecule has 11 heavy (non-hydrogen) atoms. The lowest BCUT2D eigenvalue weighted by atomic mass is 10.6. The fourth-order valence-electron chi connectivity index (χ4n) is 0.952. The Morgan fingerprint density at radius 3 is 3.36 bits per heavy atom. The molecule has 58 valence electrons. The Hall–Kier alpha value is -1.43. The van der Waals surface area contributed by atoms with Crippen LogP contribution < -0.4 is 16.0 Å². The quantitative estimate of drug-likeness (QED) is 0.440. The number of aryl methyl sites for hydroxylation is 1. The van der Waals surface area contributed by atoms with Gasteiger partial charge in [-0.25, -0.2) is 14.6 Å². The van der Waals surface area contributed by atoms with Crippen LogP contribution in [0.15, 0.2) is 4.79 Å².